The fourth-order valence-corrected chi connectivity index (χ4v) is 0.686. The molecule has 1 N–H and O–H groups in total. The van der Waals surface area contributed by atoms with Crippen LogP contribution in [0.5, 0.6) is 0 Å². The van der Waals surface area contributed by atoms with Crippen LogP contribution in [0.1, 0.15) is 21.8 Å². The van der Waals surface area contributed by atoms with Crippen LogP contribution in [0.3, 0.4) is 0 Å². The Kier molecular flexibility index (Phi) is 1.65. The standard InChI is InChI=1S/C7H5NO3/c1-3-5-4(2)8-11-6(5)7(9)10/h1H,2H3,(H,9,10). The Labute approximate surface area is 62.8 Å². The van der Waals surface area contributed by atoms with E-state index in [0.717, 1.165) is 0 Å². The van der Waals surface area contributed by atoms with Crippen molar-refractivity contribution in [2.75, 3.05) is 0 Å². The Morgan fingerprint density at radius 2 is 2.45 bits per heavy atom. The summed E-state index contributed by atoms with van der Waals surface area (Å²) in [6.45, 7) is 1.59. The number of aromatic nitrogens is 1. The summed E-state index contributed by atoms with van der Waals surface area (Å²) in [5.41, 5.74) is 0.627. The zero-order chi connectivity index (χ0) is 8.43. The molecular formula is C7H5NO3. The predicted molar refractivity (Wildman–Crippen MR) is 36.1 cm³/mol. The Balaban J connectivity index is 3.30. The Morgan fingerprint density at radius 3 is 2.82 bits per heavy atom. The first kappa shape index (κ1) is 7.35. The summed E-state index contributed by atoms with van der Waals surface area (Å²) in [5, 5.41) is 11.9. The van der Waals surface area contributed by atoms with Gasteiger partial charge in [-0.25, -0.2) is 4.79 Å². The second kappa shape index (κ2) is 2.46. The molecule has 0 fully saturated rings. The van der Waals surface area contributed by atoms with E-state index in [4.69, 9.17) is 11.5 Å². The maximum atomic E-state index is 10.4. The predicted octanol–water partition coefficient (Wildman–Crippen LogP) is 0.663. The molecule has 0 bridgehead atoms. The third-order valence-corrected chi connectivity index (χ3v) is 1.20. The summed E-state index contributed by atoms with van der Waals surface area (Å²) < 4.78 is 4.46. The van der Waals surface area contributed by atoms with Crippen LogP contribution in [0.15, 0.2) is 4.52 Å². The summed E-state index contributed by atoms with van der Waals surface area (Å²) in [5.74, 6) is 0.719. The monoisotopic (exact) mass is 151 g/mol. The number of hydrogen-bond acceptors (Lipinski definition) is 3. The molecule has 0 atom stereocenters. The summed E-state index contributed by atoms with van der Waals surface area (Å²) in [6, 6.07) is 0. The summed E-state index contributed by atoms with van der Waals surface area (Å²) in [4.78, 5) is 10.4. The molecule has 0 radical (unpaired) electrons. The topological polar surface area (TPSA) is 63.3 Å². The molecule has 1 heterocycles. The van der Waals surface area contributed by atoms with Gasteiger partial charge in [0, 0.05) is 0 Å². The third kappa shape index (κ3) is 1.08. The molecule has 0 saturated heterocycles. The number of aromatic carboxylic acids is 1. The summed E-state index contributed by atoms with van der Waals surface area (Å²) in [6.07, 6.45) is 5.02. The molecule has 0 aliphatic heterocycles. The molecule has 1 aromatic rings. The van der Waals surface area contributed by atoms with E-state index >= 15 is 0 Å². The van der Waals surface area contributed by atoms with Crippen molar-refractivity contribution in [1.82, 2.24) is 5.16 Å². The molecule has 0 unspecified atom stereocenters. The Bertz CT molecular complexity index is 332. The lowest BCUT2D eigenvalue weighted by Gasteiger charge is -1.84. The van der Waals surface area contributed by atoms with E-state index < -0.39 is 5.97 Å². The van der Waals surface area contributed by atoms with Gasteiger partial charge in [0.05, 0.1) is 5.69 Å². The van der Waals surface area contributed by atoms with Gasteiger partial charge in [0.1, 0.15) is 5.56 Å². The third-order valence-electron chi connectivity index (χ3n) is 1.20. The highest BCUT2D eigenvalue weighted by Crippen LogP contribution is 2.10. The number of carboxylic acid groups (broad SMARTS) is 1. The van der Waals surface area contributed by atoms with Gasteiger partial charge in [0.15, 0.2) is 0 Å². The minimum atomic E-state index is -1.20. The van der Waals surface area contributed by atoms with Gasteiger partial charge in [0.2, 0.25) is 0 Å². The lowest BCUT2D eigenvalue weighted by atomic mass is 10.2. The van der Waals surface area contributed by atoms with Crippen molar-refractivity contribution < 1.29 is 14.4 Å². The first-order valence-electron chi connectivity index (χ1n) is 2.83. The molecule has 56 valence electrons. The van der Waals surface area contributed by atoms with E-state index in [9.17, 15) is 4.79 Å². The second-order valence-electron chi connectivity index (χ2n) is 1.92. The van der Waals surface area contributed by atoms with Crippen molar-refractivity contribution in [3.05, 3.63) is 17.0 Å². The van der Waals surface area contributed by atoms with Crippen LogP contribution < -0.4 is 0 Å². The van der Waals surface area contributed by atoms with E-state index in [1.54, 1.807) is 6.92 Å². The number of carboxylic acids is 1. The molecular weight excluding hydrogens is 146 g/mol. The van der Waals surface area contributed by atoms with Gasteiger partial charge < -0.3 is 9.63 Å². The van der Waals surface area contributed by atoms with Crippen molar-refractivity contribution >= 4 is 5.97 Å². The number of aryl methyl sites for hydroxylation is 1. The minimum Gasteiger partial charge on any atom is -0.475 e. The number of nitrogens with zero attached hydrogens (tertiary/aromatic N) is 1. The second-order valence-corrected chi connectivity index (χ2v) is 1.92. The molecule has 0 aliphatic carbocycles. The molecule has 0 spiro atoms. The van der Waals surface area contributed by atoms with Crippen LogP contribution in [-0.4, -0.2) is 16.2 Å². The number of carbonyl (C=O) groups is 1. The Hall–Kier alpha value is -1.76. The van der Waals surface area contributed by atoms with Gasteiger partial charge in [-0.3, -0.25) is 0 Å². The van der Waals surface area contributed by atoms with Crippen molar-refractivity contribution in [2.24, 2.45) is 0 Å². The average molecular weight is 151 g/mol. The maximum Gasteiger partial charge on any atom is 0.376 e. The zero-order valence-electron chi connectivity index (χ0n) is 5.79. The summed E-state index contributed by atoms with van der Waals surface area (Å²) >= 11 is 0. The van der Waals surface area contributed by atoms with Crippen LogP contribution in [0, 0.1) is 19.3 Å². The lowest BCUT2D eigenvalue weighted by molar-refractivity contribution is 0.0651. The van der Waals surface area contributed by atoms with E-state index in [0.29, 0.717) is 5.69 Å². The van der Waals surface area contributed by atoms with Gasteiger partial charge in [-0.15, -0.1) is 6.42 Å². The highest BCUT2D eigenvalue weighted by Gasteiger charge is 2.16. The van der Waals surface area contributed by atoms with E-state index in [2.05, 4.69) is 15.6 Å². The number of hydrogen-bond donors (Lipinski definition) is 1. The molecule has 0 saturated carbocycles. The van der Waals surface area contributed by atoms with Crippen LogP contribution in [-0.2, 0) is 0 Å². The Morgan fingerprint density at radius 1 is 1.82 bits per heavy atom. The average Bonchev–Trinajstić information content (AvgIpc) is 2.30. The van der Waals surface area contributed by atoms with Gasteiger partial charge in [0.25, 0.3) is 5.76 Å². The largest absolute Gasteiger partial charge is 0.475 e. The highest BCUT2D eigenvalue weighted by molar-refractivity contribution is 5.87. The SMILES string of the molecule is C#Cc1c(C)noc1C(=O)O. The molecule has 4 nitrogen and oxygen atoms in total. The van der Waals surface area contributed by atoms with Crippen molar-refractivity contribution in [2.45, 2.75) is 6.92 Å². The van der Waals surface area contributed by atoms with Crippen LogP contribution in [0.4, 0.5) is 0 Å². The van der Waals surface area contributed by atoms with E-state index in [1.807, 2.05) is 0 Å². The fraction of sp³-hybridized carbons (Fsp3) is 0.143. The zero-order valence-corrected chi connectivity index (χ0v) is 5.79. The molecule has 0 aliphatic rings. The van der Waals surface area contributed by atoms with Crippen molar-refractivity contribution in [3.8, 4) is 12.3 Å². The molecule has 0 amide bonds. The van der Waals surface area contributed by atoms with Crippen LogP contribution >= 0.6 is 0 Å². The van der Waals surface area contributed by atoms with Gasteiger partial charge >= 0.3 is 5.97 Å². The molecule has 0 aromatic carbocycles. The smallest absolute Gasteiger partial charge is 0.376 e. The molecule has 11 heavy (non-hydrogen) atoms. The number of rotatable bonds is 1. The fourth-order valence-electron chi connectivity index (χ4n) is 0.686. The van der Waals surface area contributed by atoms with Gasteiger partial charge in [-0.05, 0) is 6.92 Å². The molecule has 4 heteroatoms. The van der Waals surface area contributed by atoms with Crippen molar-refractivity contribution in [3.63, 3.8) is 0 Å². The number of terminal acetylenes is 1. The normalized spacial score (nSPS) is 9.09. The van der Waals surface area contributed by atoms with E-state index in [1.165, 1.54) is 0 Å². The highest BCUT2D eigenvalue weighted by atomic mass is 16.5. The lowest BCUT2D eigenvalue weighted by Crippen LogP contribution is -1.96. The van der Waals surface area contributed by atoms with E-state index in [-0.39, 0.29) is 11.3 Å². The quantitative estimate of drug-likeness (QED) is 0.599. The molecule has 1 aromatic heterocycles. The molecule has 1 rings (SSSR count). The first-order valence-corrected chi connectivity index (χ1v) is 2.83. The maximum absolute atomic E-state index is 10.4. The van der Waals surface area contributed by atoms with Crippen molar-refractivity contribution in [1.29, 1.82) is 0 Å². The van der Waals surface area contributed by atoms with Crippen LogP contribution in [0.2, 0.25) is 0 Å². The first-order chi connectivity index (χ1) is 5.16. The summed E-state index contributed by atoms with van der Waals surface area (Å²) in [7, 11) is 0. The van der Waals surface area contributed by atoms with Gasteiger partial charge in [-0.2, -0.15) is 0 Å². The van der Waals surface area contributed by atoms with Crippen LogP contribution in [0.25, 0.3) is 0 Å². The minimum absolute atomic E-state index is 0.206. The van der Waals surface area contributed by atoms with Gasteiger partial charge in [-0.1, -0.05) is 11.1 Å².